The zero-order valence-electron chi connectivity index (χ0n) is 6.63. The molecule has 0 atom stereocenters. The highest BCUT2D eigenvalue weighted by Gasteiger charge is 1.80. The molecule has 58 valence electrons. The van der Waals surface area contributed by atoms with Crippen molar-refractivity contribution in [1.29, 1.82) is 0 Å². The molecule has 0 aromatic rings. The molecule has 0 aliphatic rings. The zero-order valence-corrected chi connectivity index (χ0v) is 7.45. The van der Waals surface area contributed by atoms with Crippen LogP contribution in [0.5, 0.6) is 0 Å². The highest BCUT2D eigenvalue weighted by molar-refractivity contribution is 8.01. The summed E-state index contributed by atoms with van der Waals surface area (Å²) in [5, 5.41) is 5.20. The lowest BCUT2D eigenvalue weighted by atomic mass is 10.5. The number of rotatable bonds is 3. The van der Waals surface area contributed by atoms with E-state index in [9.17, 15) is 0 Å². The summed E-state index contributed by atoms with van der Waals surface area (Å²) in [7, 11) is 0. The molecular formula is C8H15NS. The first-order valence-corrected chi connectivity index (χ1v) is 4.05. The summed E-state index contributed by atoms with van der Waals surface area (Å²) in [6.07, 6.45) is 5.17. The van der Waals surface area contributed by atoms with Crippen molar-refractivity contribution in [3.05, 3.63) is 36.3 Å². The Morgan fingerprint density at radius 3 is 2.00 bits per heavy atom. The fraction of sp³-hybridized carbons (Fsp3) is 0.250. The van der Waals surface area contributed by atoms with Crippen molar-refractivity contribution < 1.29 is 0 Å². The van der Waals surface area contributed by atoms with Crippen LogP contribution in [0.15, 0.2) is 36.3 Å². The van der Waals surface area contributed by atoms with Crippen LogP contribution in [0.4, 0.5) is 0 Å². The second-order valence-corrected chi connectivity index (χ2v) is 1.83. The first-order chi connectivity index (χ1) is 4.85. The van der Waals surface area contributed by atoms with E-state index in [4.69, 9.17) is 5.14 Å². The smallest absolute Gasteiger partial charge is 0.0219 e. The maximum atomic E-state index is 5.20. The van der Waals surface area contributed by atoms with Gasteiger partial charge in [-0.25, -0.2) is 0 Å². The van der Waals surface area contributed by atoms with E-state index in [-0.39, 0.29) is 0 Å². The summed E-state index contributed by atoms with van der Waals surface area (Å²) in [5.41, 5.74) is 0. The van der Waals surface area contributed by atoms with Crippen molar-refractivity contribution in [2.24, 2.45) is 5.14 Å². The van der Waals surface area contributed by atoms with Crippen LogP contribution < -0.4 is 5.14 Å². The van der Waals surface area contributed by atoms with Crippen LogP contribution in [0.3, 0.4) is 0 Å². The minimum Gasteiger partial charge on any atom is -0.274 e. The molecule has 0 heterocycles. The van der Waals surface area contributed by atoms with Gasteiger partial charge >= 0.3 is 0 Å². The van der Waals surface area contributed by atoms with Crippen LogP contribution in [-0.2, 0) is 0 Å². The minimum atomic E-state index is 0.931. The average Bonchev–Trinajstić information content (AvgIpc) is 2.04. The highest BCUT2D eigenvalue weighted by atomic mass is 32.2. The lowest BCUT2D eigenvalue weighted by Gasteiger charge is -1.88. The summed E-state index contributed by atoms with van der Waals surface area (Å²) < 4.78 is 0. The Morgan fingerprint density at radius 2 is 1.90 bits per heavy atom. The van der Waals surface area contributed by atoms with Crippen LogP contribution in [0.25, 0.3) is 0 Å². The van der Waals surface area contributed by atoms with E-state index in [1.807, 2.05) is 13.8 Å². The molecule has 2 N–H and O–H groups in total. The molecular weight excluding hydrogens is 142 g/mol. The van der Waals surface area contributed by atoms with Gasteiger partial charge in [0.05, 0.1) is 0 Å². The normalized spacial score (nSPS) is 9.30. The van der Waals surface area contributed by atoms with Crippen LogP contribution in [0, 0.1) is 0 Å². The molecule has 0 fully saturated rings. The molecule has 0 aliphatic carbocycles. The maximum Gasteiger partial charge on any atom is 0.0219 e. The van der Waals surface area contributed by atoms with Crippen LogP contribution in [0.2, 0.25) is 0 Å². The molecule has 0 rings (SSSR count). The Labute approximate surface area is 67.8 Å². The Hall–Kier alpha value is -0.470. The van der Waals surface area contributed by atoms with Crippen molar-refractivity contribution in [3.8, 4) is 0 Å². The van der Waals surface area contributed by atoms with Crippen LogP contribution in [-0.4, -0.2) is 0 Å². The molecule has 0 saturated heterocycles. The molecule has 0 saturated carbocycles. The fourth-order valence-corrected chi connectivity index (χ4v) is 0.543. The molecule has 0 aromatic heterocycles. The lowest BCUT2D eigenvalue weighted by Crippen LogP contribution is -1.76. The van der Waals surface area contributed by atoms with Gasteiger partial charge in [-0.1, -0.05) is 39.2 Å². The third kappa shape index (κ3) is 7.53. The van der Waals surface area contributed by atoms with Gasteiger partial charge in [0, 0.05) is 4.91 Å². The fourth-order valence-electron chi connectivity index (χ4n) is 0.272. The molecule has 0 spiro atoms. The van der Waals surface area contributed by atoms with Crippen molar-refractivity contribution in [2.75, 3.05) is 0 Å². The monoisotopic (exact) mass is 157 g/mol. The van der Waals surface area contributed by atoms with Gasteiger partial charge in [0.2, 0.25) is 0 Å². The van der Waals surface area contributed by atoms with Crippen molar-refractivity contribution in [1.82, 2.24) is 0 Å². The van der Waals surface area contributed by atoms with Crippen molar-refractivity contribution in [3.63, 3.8) is 0 Å². The van der Waals surface area contributed by atoms with Gasteiger partial charge in [0.15, 0.2) is 0 Å². The molecule has 0 unspecified atom stereocenters. The van der Waals surface area contributed by atoms with Crippen molar-refractivity contribution >= 4 is 11.9 Å². The van der Waals surface area contributed by atoms with Gasteiger partial charge in [-0.15, -0.1) is 0 Å². The Kier molecular flexibility index (Phi) is 13.9. The van der Waals surface area contributed by atoms with Gasteiger partial charge in [0.1, 0.15) is 0 Å². The van der Waals surface area contributed by atoms with Crippen molar-refractivity contribution in [2.45, 2.75) is 13.8 Å². The predicted molar refractivity (Wildman–Crippen MR) is 51.6 cm³/mol. The molecule has 1 nitrogen and oxygen atoms in total. The summed E-state index contributed by atoms with van der Waals surface area (Å²) in [6, 6.07) is 0. The number of hydrogen-bond donors (Lipinski definition) is 1. The minimum absolute atomic E-state index is 0.931. The SMILES string of the molecule is C=C/C=C(\C=C)SN.CC. The Balaban J connectivity index is 0. The molecule has 0 amide bonds. The van der Waals surface area contributed by atoms with E-state index in [0.29, 0.717) is 0 Å². The van der Waals surface area contributed by atoms with E-state index >= 15 is 0 Å². The second kappa shape index (κ2) is 11.3. The summed E-state index contributed by atoms with van der Waals surface area (Å²) >= 11 is 1.17. The number of hydrogen-bond acceptors (Lipinski definition) is 2. The number of allylic oxidation sites excluding steroid dienone is 3. The first-order valence-electron chi connectivity index (χ1n) is 3.17. The molecule has 0 aromatic carbocycles. The maximum absolute atomic E-state index is 5.20. The van der Waals surface area contributed by atoms with E-state index in [2.05, 4.69) is 13.2 Å². The third-order valence-electron chi connectivity index (χ3n) is 0.619. The van der Waals surface area contributed by atoms with Gasteiger partial charge in [-0.3, -0.25) is 5.14 Å². The first kappa shape index (κ1) is 12.2. The molecule has 2 heteroatoms. The van der Waals surface area contributed by atoms with Gasteiger partial charge in [-0.05, 0) is 18.0 Å². The number of nitrogens with two attached hydrogens (primary N) is 1. The van der Waals surface area contributed by atoms with Gasteiger partial charge < -0.3 is 0 Å². The summed E-state index contributed by atoms with van der Waals surface area (Å²) in [6.45, 7) is 11.0. The quantitative estimate of drug-likeness (QED) is 0.503. The van der Waals surface area contributed by atoms with E-state index in [0.717, 1.165) is 4.91 Å². The second-order valence-electron chi connectivity index (χ2n) is 1.13. The Morgan fingerprint density at radius 1 is 1.40 bits per heavy atom. The van der Waals surface area contributed by atoms with E-state index in [1.165, 1.54) is 11.9 Å². The average molecular weight is 157 g/mol. The molecule has 0 bridgehead atoms. The molecule has 0 radical (unpaired) electrons. The van der Waals surface area contributed by atoms with E-state index in [1.54, 1.807) is 18.2 Å². The van der Waals surface area contributed by atoms with Gasteiger partial charge in [0.25, 0.3) is 0 Å². The standard InChI is InChI=1S/C6H9NS.C2H6/c1-3-5-6(4-2)8-7;1-2/h3-5H,1-2,7H2;1-2H3/b6-5+;. The third-order valence-corrected chi connectivity index (χ3v) is 1.19. The Bertz CT molecular complexity index is 116. The van der Waals surface area contributed by atoms with Crippen LogP contribution >= 0.6 is 11.9 Å². The zero-order chi connectivity index (χ0) is 8.41. The molecule has 0 aliphatic heterocycles. The summed E-state index contributed by atoms with van der Waals surface area (Å²) in [5.74, 6) is 0. The predicted octanol–water partition coefficient (Wildman–Crippen LogP) is 2.88. The lowest BCUT2D eigenvalue weighted by molar-refractivity contribution is 1.50. The van der Waals surface area contributed by atoms with Gasteiger partial charge in [-0.2, -0.15) is 0 Å². The summed E-state index contributed by atoms with van der Waals surface area (Å²) in [4.78, 5) is 0.931. The topological polar surface area (TPSA) is 26.0 Å². The van der Waals surface area contributed by atoms with Crippen LogP contribution in [0.1, 0.15) is 13.8 Å². The van der Waals surface area contributed by atoms with E-state index < -0.39 is 0 Å². The highest BCUT2D eigenvalue weighted by Crippen LogP contribution is 2.07. The largest absolute Gasteiger partial charge is 0.274 e. The molecule has 10 heavy (non-hydrogen) atoms.